The van der Waals surface area contributed by atoms with Crippen molar-refractivity contribution in [3.63, 3.8) is 0 Å². The van der Waals surface area contributed by atoms with Crippen molar-refractivity contribution in [1.82, 2.24) is 15.3 Å². The molecule has 2 aromatic heterocycles. The highest BCUT2D eigenvalue weighted by molar-refractivity contribution is 7.18. The molecule has 0 fully saturated rings. The molecule has 0 aliphatic rings. The van der Waals surface area contributed by atoms with Crippen LogP contribution in [0.4, 0.5) is 0 Å². The maximum Gasteiger partial charge on any atom is 0.309 e. The number of thiophene rings is 1. The number of rotatable bonds is 7. The van der Waals surface area contributed by atoms with E-state index in [0.717, 1.165) is 10.4 Å². The summed E-state index contributed by atoms with van der Waals surface area (Å²) in [5.41, 5.74) is -0.107. The zero-order valence-corrected chi connectivity index (χ0v) is 15.7. The van der Waals surface area contributed by atoms with Crippen LogP contribution in [0.25, 0.3) is 10.2 Å². The maximum atomic E-state index is 12.2. The number of carboxylic acid groups (broad SMARTS) is 1. The fourth-order valence-electron chi connectivity index (χ4n) is 2.36. The first-order valence-corrected chi connectivity index (χ1v) is 8.92. The number of carbonyl (C=O) groups is 2. The molecule has 0 spiro atoms. The molecule has 1 amide bonds. The molecule has 0 radical (unpaired) electrons. The van der Waals surface area contributed by atoms with Gasteiger partial charge >= 0.3 is 5.97 Å². The molecule has 0 saturated heterocycles. The molecule has 0 aromatic carbocycles. The van der Waals surface area contributed by atoms with E-state index >= 15 is 0 Å². The Morgan fingerprint density at radius 3 is 2.64 bits per heavy atom. The van der Waals surface area contributed by atoms with Crippen molar-refractivity contribution in [2.75, 3.05) is 6.54 Å². The lowest BCUT2D eigenvalue weighted by Gasteiger charge is -2.18. The molecule has 0 aliphatic heterocycles. The van der Waals surface area contributed by atoms with Gasteiger partial charge in [-0.2, -0.15) is 0 Å². The number of aliphatic carboxylic acids is 1. The second-order valence-electron chi connectivity index (χ2n) is 6.77. The fraction of sp³-hybridized carbons (Fsp3) is 0.529. The number of carbonyl (C=O) groups excluding carboxylic acids is 1. The lowest BCUT2D eigenvalue weighted by atomic mass is 9.90. The Kier molecular flexibility index (Phi) is 5.62. The number of amides is 1. The minimum atomic E-state index is -0.890. The molecule has 25 heavy (non-hydrogen) atoms. The third-order valence-electron chi connectivity index (χ3n) is 4.33. The van der Waals surface area contributed by atoms with Crippen molar-refractivity contribution in [1.29, 1.82) is 0 Å². The van der Waals surface area contributed by atoms with Crippen LogP contribution in [0.3, 0.4) is 0 Å². The van der Waals surface area contributed by atoms with Crippen molar-refractivity contribution < 1.29 is 14.7 Å². The third-order valence-corrected chi connectivity index (χ3v) is 5.43. The van der Waals surface area contributed by atoms with Crippen LogP contribution in [0.15, 0.2) is 4.79 Å². The van der Waals surface area contributed by atoms with Crippen LogP contribution in [0.5, 0.6) is 0 Å². The first-order chi connectivity index (χ1) is 11.6. The van der Waals surface area contributed by atoms with Gasteiger partial charge in [-0.3, -0.25) is 14.4 Å². The van der Waals surface area contributed by atoms with E-state index in [1.807, 2.05) is 13.8 Å². The van der Waals surface area contributed by atoms with Gasteiger partial charge in [0.2, 0.25) is 5.91 Å². The molecule has 2 heterocycles. The minimum absolute atomic E-state index is 0.175. The Morgan fingerprint density at radius 2 is 2.00 bits per heavy atom. The second-order valence-corrected chi connectivity index (χ2v) is 7.97. The summed E-state index contributed by atoms with van der Waals surface area (Å²) in [7, 11) is 0. The quantitative estimate of drug-likeness (QED) is 0.696. The van der Waals surface area contributed by atoms with Crippen LogP contribution in [-0.4, -0.2) is 33.5 Å². The van der Waals surface area contributed by atoms with E-state index in [2.05, 4.69) is 15.3 Å². The van der Waals surface area contributed by atoms with Crippen LogP contribution in [0.2, 0.25) is 0 Å². The minimum Gasteiger partial charge on any atom is -0.481 e. The van der Waals surface area contributed by atoms with E-state index < -0.39 is 11.4 Å². The molecular weight excluding hydrogens is 342 g/mol. The highest BCUT2D eigenvalue weighted by Gasteiger charge is 2.26. The number of hydrogen-bond donors (Lipinski definition) is 3. The summed E-state index contributed by atoms with van der Waals surface area (Å²) >= 11 is 1.47. The van der Waals surface area contributed by atoms with Gasteiger partial charge in [0.05, 0.1) is 10.8 Å². The number of nitrogens with zero attached hydrogens (tertiary/aromatic N) is 1. The molecule has 3 N–H and O–H groups in total. The summed E-state index contributed by atoms with van der Waals surface area (Å²) in [5, 5.41) is 12.4. The van der Waals surface area contributed by atoms with Crippen molar-refractivity contribution in [2.24, 2.45) is 5.41 Å². The Morgan fingerprint density at radius 1 is 1.32 bits per heavy atom. The summed E-state index contributed by atoms with van der Waals surface area (Å²) in [6.07, 6.45) is 0.865. The molecule has 2 aromatic rings. The first-order valence-electron chi connectivity index (χ1n) is 8.11. The van der Waals surface area contributed by atoms with Crippen molar-refractivity contribution in [2.45, 2.75) is 47.0 Å². The fourth-order valence-corrected chi connectivity index (χ4v) is 3.41. The van der Waals surface area contributed by atoms with Gasteiger partial charge in [0.15, 0.2) is 0 Å². The zero-order valence-electron chi connectivity index (χ0n) is 14.9. The van der Waals surface area contributed by atoms with E-state index in [1.54, 1.807) is 13.8 Å². The molecule has 0 bridgehead atoms. The average molecular weight is 365 g/mol. The lowest BCUT2D eigenvalue weighted by Crippen LogP contribution is -2.32. The number of hydrogen-bond acceptors (Lipinski definition) is 5. The number of carboxylic acids is 1. The van der Waals surface area contributed by atoms with Crippen LogP contribution in [-0.2, 0) is 16.0 Å². The smallest absolute Gasteiger partial charge is 0.309 e. The monoisotopic (exact) mass is 365 g/mol. The number of fused-ring (bicyclic) bond motifs is 1. The molecule has 0 aliphatic carbocycles. The zero-order chi connectivity index (χ0) is 18.8. The Bertz CT molecular complexity index is 867. The molecular formula is C17H23N3O4S. The van der Waals surface area contributed by atoms with Crippen molar-refractivity contribution in [3.8, 4) is 0 Å². The van der Waals surface area contributed by atoms with Gasteiger partial charge in [-0.15, -0.1) is 11.3 Å². The largest absolute Gasteiger partial charge is 0.481 e. The van der Waals surface area contributed by atoms with Crippen molar-refractivity contribution in [3.05, 3.63) is 26.6 Å². The van der Waals surface area contributed by atoms with Gasteiger partial charge < -0.3 is 15.4 Å². The summed E-state index contributed by atoms with van der Waals surface area (Å²) in [6, 6.07) is 0. The second kappa shape index (κ2) is 7.35. The summed E-state index contributed by atoms with van der Waals surface area (Å²) in [4.78, 5) is 44.0. The standard InChI is InChI=1S/C17H23N3O4S/c1-9-10(2)25-15-13(9)14(22)19-11(20-15)5-6-12(21)18-8-7-17(3,4)16(23)24/h5-8H2,1-4H3,(H,18,21)(H,23,24)(H,19,20,22). The van der Waals surface area contributed by atoms with E-state index in [4.69, 9.17) is 5.11 Å². The predicted octanol–water partition coefficient (Wildman–Crippen LogP) is 2.15. The lowest BCUT2D eigenvalue weighted by molar-refractivity contribution is -0.147. The summed E-state index contributed by atoms with van der Waals surface area (Å²) in [6.45, 7) is 7.39. The predicted molar refractivity (Wildman–Crippen MR) is 97.1 cm³/mol. The van der Waals surface area contributed by atoms with Crippen LogP contribution in [0, 0.1) is 19.3 Å². The van der Waals surface area contributed by atoms with E-state index in [0.29, 0.717) is 35.4 Å². The van der Waals surface area contributed by atoms with Crippen LogP contribution >= 0.6 is 11.3 Å². The van der Waals surface area contributed by atoms with Gasteiger partial charge in [-0.1, -0.05) is 0 Å². The molecule has 2 rings (SSSR count). The Balaban J connectivity index is 1.93. The molecule has 0 saturated carbocycles. The number of aromatic amines is 1. The van der Waals surface area contributed by atoms with Gasteiger partial charge in [0.1, 0.15) is 10.7 Å². The molecule has 8 heteroatoms. The van der Waals surface area contributed by atoms with Crippen LogP contribution < -0.4 is 10.9 Å². The van der Waals surface area contributed by atoms with Gasteiger partial charge in [0, 0.05) is 24.3 Å². The topological polar surface area (TPSA) is 112 Å². The maximum absolute atomic E-state index is 12.2. The number of H-pyrrole nitrogens is 1. The highest BCUT2D eigenvalue weighted by Crippen LogP contribution is 2.25. The van der Waals surface area contributed by atoms with Gasteiger partial charge in [-0.25, -0.2) is 4.98 Å². The van der Waals surface area contributed by atoms with Gasteiger partial charge in [0.25, 0.3) is 5.56 Å². The summed E-state index contributed by atoms with van der Waals surface area (Å²) < 4.78 is 0. The van der Waals surface area contributed by atoms with Crippen LogP contribution in [0.1, 0.15) is 43.0 Å². The number of aryl methyl sites for hydroxylation is 3. The van der Waals surface area contributed by atoms with Gasteiger partial charge in [-0.05, 0) is 39.7 Å². The van der Waals surface area contributed by atoms with E-state index in [-0.39, 0.29) is 17.9 Å². The third kappa shape index (κ3) is 4.45. The highest BCUT2D eigenvalue weighted by atomic mass is 32.1. The number of nitrogens with one attached hydrogen (secondary N) is 2. The number of aromatic nitrogens is 2. The molecule has 0 atom stereocenters. The molecule has 0 unspecified atom stereocenters. The summed E-state index contributed by atoms with van der Waals surface area (Å²) in [5.74, 6) is -0.597. The van der Waals surface area contributed by atoms with E-state index in [1.165, 1.54) is 11.3 Å². The SMILES string of the molecule is Cc1sc2nc(CCC(=O)NCCC(C)(C)C(=O)O)[nH]c(=O)c2c1C. The van der Waals surface area contributed by atoms with E-state index in [9.17, 15) is 14.4 Å². The molecule has 136 valence electrons. The normalized spacial score (nSPS) is 11.7. The Labute approximate surface area is 149 Å². The van der Waals surface area contributed by atoms with Crippen molar-refractivity contribution >= 4 is 33.4 Å². The Hall–Kier alpha value is -2.22. The first kappa shape index (κ1) is 19.1. The molecule has 7 nitrogen and oxygen atoms in total. The average Bonchev–Trinajstić information content (AvgIpc) is 2.80.